The molecule has 0 bridgehead atoms. The third-order valence-electron chi connectivity index (χ3n) is 16.2. The first-order valence-corrected chi connectivity index (χ1v) is 34.6. The Morgan fingerprint density at radius 2 is 0.632 bits per heavy atom. The molecule has 0 aromatic rings. The molecule has 0 rings (SSSR count). The van der Waals surface area contributed by atoms with Gasteiger partial charge in [0, 0.05) is 12.8 Å². The van der Waals surface area contributed by atoms with Crippen molar-refractivity contribution in [3.05, 3.63) is 24.3 Å². The second-order valence-corrected chi connectivity index (χ2v) is 23.9. The van der Waals surface area contributed by atoms with E-state index in [1.54, 1.807) is 0 Å². The minimum atomic E-state index is -0.665. The molecule has 0 aromatic carbocycles. The zero-order valence-corrected chi connectivity index (χ0v) is 51.5. The number of esters is 1. The summed E-state index contributed by atoms with van der Waals surface area (Å²) in [7, 11) is 0. The third kappa shape index (κ3) is 61.6. The molecule has 3 N–H and O–H groups in total. The Bertz CT molecular complexity index is 1190. The SMILES string of the molecule is CCCC/C=C\CCCCCCCC(=O)OCCCCCCCCCCCCCC/C=C\CCCCCCCCCCCCCCC(=O)NC(CO)C(O)CCCCCCCCCCCCCCCCCCCCCC. The number of hydrogen-bond acceptors (Lipinski definition) is 5. The van der Waals surface area contributed by atoms with E-state index in [1.807, 2.05) is 0 Å². The van der Waals surface area contributed by atoms with Gasteiger partial charge in [-0.3, -0.25) is 9.59 Å². The largest absolute Gasteiger partial charge is 0.466 e. The van der Waals surface area contributed by atoms with Crippen LogP contribution in [0.25, 0.3) is 0 Å². The normalized spacial score (nSPS) is 12.6. The minimum absolute atomic E-state index is 0.00526. The molecule has 0 aliphatic heterocycles. The van der Waals surface area contributed by atoms with Crippen LogP contribution in [0.3, 0.4) is 0 Å². The van der Waals surface area contributed by atoms with Gasteiger partial charge in [0.15, 0.2) is 0 Å². The van der Waals surface area contributed by atoms with Crippen molar-refractivity contribution in [2.24, 2.45) is 0 Å². The minimum Gasteiger partial charge on any atom is -0.466 e. The second-order valence-electron chi connectivity index (χ2n) is 23.9. The van der Waals surface area contributed by atoms with Gasteiger partial charge in [-0.15, -0.1) is 0 Å². The lowest BCUT2D eigenvalue weighted by atomic mass is 10.0. The van der Waals surface area contributed by atoms with Crippen LogP contribution in [0.5, 0.6) is 0 Å². The first-order chi connectivity index (χ1) is 37.5. The first kappa shape index (κ1) is 74.3. The average Bonchev–Trinajstić information content (AvgIpc) is 3.42. The molecule has 0 fully saturated rings. The monoisotopic (exact) mass is 1070 g/mol. The maximum Gasteiger partial charge on any atom is 0.305 e. The fraction of sp³-hybridized carbons (Fsp3) is 0.914. The van der Waals surface area contributed by atoms with Crippen LogP contribution in [-0.2, 0) is 14.3 Å². The predicted octanol–water partition coefficient (Wildman–Crippen LogP) is 22.1. The molecular weight excluding hydrogens is 935 g/mol. The van der Waals surface area contributed by atoms with Crippen molar-refractivity contribution in [1.82, 2.24) is 5.32 Å². The van der Waals surface area contributed by atoms with Crippen molar-refractivity contribution < 1.29 is 24.5 Å². The number of allylic oxidation sites excluding steroid dienone is 4. The molecule has 76 heavy (non-hydrogen) atoms. The van der Waals surface area contributed by atoms with Crippen molar-refractivity contribution >= 4 is 11.9 Å². The van der Waals surface area contributed by atoms with Gasteiger partial charge in [-0.25, -0.2) is 0 Å². The maximum absolute atomic E-state index is 12.5. The number of carbonyl (C=O) groups is 2. The number of ether oxygens (including phenoxy) is 1. The Balaban J connectivity index is 3.38. The molecule has 2 atom stereocenters. The maximum atomic E-state index is 12.5. The molecule has 6 nitrogen and oxygen atoms in total. The predicted molar refractivity (Wildman–Crippen MR) is 333 cm³/mol. The van der Waals surface area contributed by atoms with E-state index >= 15 is 0 Å². The Labute approximate surface area is 475 Å². The van der Waals surface area contributed by atoms with Crippen molar-refractivity contribution in [2.45, 2.75) is 398 Å². The highest BCUT2D eigenvalue weighted by molar-refractivity contribution is 5.76. The lowest BCUT2D eigenvalue weighted by Crippen LogP contribution is -2.45. The highest BCUT2D eigenvalue weighted by atomic mass is 16.5. The lowest BCUT2D eigenvalue weighted by molar-refractivity contribution is -0.143. The van der Waals surface area contributed by atoms with Crippen molar-refractivity contribution in [3.8, 4) is 0 Å². The summed E-state index contributed by atoms with van der Waals surface area (Å²) in [6.45, 7) is 4.95. The van der Waals surface area contributed by atoms with Gasteiger partial charge in [0.2, 0.25) is 5.91 Å². The highest BCUT2D eigenvalue weighted by Gasteiger charge is 2.20. The topological polar surface area (TPSA) is 95.9 Å². The number of rotatable bonds is 65. The van der Waals surface area contributed by atoms with Crippen molar-refractivity contribution in [1.29, 1.82) is 0 Å². The Morgan fingerprint density at radius 1 is 0.355 bits per heavy atom. The van der Waals surface area contributed by atoms with Crippen LogP contribution in [0.2, 0.25) is 0 Å². The fourth-order valence-electron chi connectivity index (χ4n) is 10.9. The number of unbranched alkanes of at least 4 members (excludes halogenated alkanes) is 50. The number of aliphatic hydroxyl groups is 2. The van der Waals surface area contributed by atoms with Gasteiger partial charge in [-0.05, 0) is 70.6 Å². The van der Waals surface area contributed by atoms with Crippen LogP contribution in [0, 0.1) is 0 Å². The summed E-state index contributed by atoms with van der Waals surface area (Å²) in [5, 5.41) is 23.4. The van der Waals surface area contributed by atoms with Crippen LogP contribution < -0.4 is 5.32 Å². The quantitative estimate of drug-likeness (QED) is 0.0320. The van der Waals surface area contributed by atoms with E-state index in [4.69, 9.17) is 4.74 Å². The number of amides is 1. The molecule has 0 saturated heterocycles. The molecule has 450 valence electrons. The fourth-order valence-corrected chi connectivity index (χ4v) is 10.9. The van der Waals surface area contributed by atoms with Crippen LogP contribution in [0.1, 0.15) is 386 Å². The Morgan fingerprint density at radius 3 is 0.974 bits per heavy atom. The van der Waals surface area contributed by atoms with E-state index in [0.29, 0.717) is 25.9 Å². The number of nitrogens with one attached hydrogen (secondary N) is 1. The molecule has 0 aliphatic carbocycles. The van der Waals surface area contributed by atoms with E-state index in [9.17, 15) is 19.8 Å². The summed E-state index contributed by atoms with van der Waals surface area (Å²) in [6, 6.07) is -0.542. The smallest absolute Gasteiger partial charge is 0.305 e. The number of hydrogen-bond donors (Lipinski definition) is 3. The van der Waals surface area contributed by atoms with Crippen LogP contribution in [0.15, 0.2) is 24.3 Å². The van der Waals surface area contributed by atoms with Gasteiger partial charge in [-0.1, -0.05) is 327 Å². The van der Waals surface area contributed by atoms with Gasteiger partial charge >= 0.3 is 5.97 Å². The molecule has 0 spiro atoms. The van der Waals surface area contributed by atoms with Gasteiger partial charge in [0.05, 0.1) is 25.4 Å². The van der Waals surface area contributed by atoms with E-state index < -0.39 is 12.1 Å². The Kier molecular flexibility index (Phi) is 64.4. The van der Waals surface area contributed by atoms with Gasteiger partial charge in [0.1, 0.15) is 0 Å². The van der Waals surface area contributed by atoms with E-state index in [1.165, 1.54) is 308 Å². The van der Waals surface area contributed by atoms with Crippen LogP contribution in [-0.4, -0.2) is 47.4 Å². The summed E-state index contributed by atoms with van der Waals surface area (Å²) in [4.78, 5) is 24.5. The molecule has 0 aromatic heterocycles. The van der Waals surface area contributed by atoms with Gasteiger partial charge < -0.3 is 20.3 Å². The molecule has 0 radical (unpaired) electrons. The van der Waals surface area contributed by atoms with Crippen molar-refractivity contribution in [2.75, 3.05) is 13.2 Å². The Hall–Kier alpha value is -1.66. The number of aliphatic hydroxyl groups excluding tert-OH is 2. The van der Waals surface area contributed by atoms with Crippen LogP contribution in [0.4, 0.5) is 0 Å². The molecule has 6 heteroatoms. The third-order valence-corrected chi connectivity index (χ3v) is 16.2. The summed E-state index contributed by atoms with van der Waals surface area (Å²) >= 11 is 0. The van der Waals surface area contributed by atoms with E-state index in [-0.39, 0.29) is 18.5 Å². The van der Waals surface area contributed by atoms with E-state index in [0.717, 1.165) is 44.9 Å². The molecule has 0 saturated carbocycles. The average molecular weight is 1070 g/mol. The molecule has 0 heterocycles. The summed E-state index contributed by atoms with van der Waals surface area (Å²) in [5.41, 5.74) is 0. The van der Waals surface area contributed by atoms with Gasteiger partial charge in [-0.2, -0.15) is 0 Å². The van der Waals surface area contributed by atoms with Crippen LogP contribution >= 0.6 is 0 Å². The lowest BCUT2D eigenvalue weighted by Gasteiger charge is -2.22. The zero-order valence-electron chi connectivity index (χ0n) is 51.5. The highest BCUT2D eigenvalue weighted by Crippen LogP contribution is 2.19. The summed E-state index contributed by atoms with van der Waals surface area (Å²) < 4.78 is 5.46. The number of carbonyl (C=O) groups excluding carboxylic acids is 2. The molecule has 2 unspecified atom stereocenters. The summed E-state index contributed by atoms with van der Waals surface area (Å²) in [6.07, 6.45) is 82.2. The van der Waals surface area contributed by atoms with Crippen molar-refractivity contribution in [3.63, 3.8) is 0 Å². The first-order valence-electron chi connectivity index (χ1n) is 34.6. The molecule has 0 aliphatic rings. The van der Waals surface area contributed by atoms with Gasteiger partial charge in [0.25, 0.3) is 0 Å². The zero-order chi connectivity index (χ0) is 55.0. The molecular formula is C70H135NO5. The standard InChI is InChI=1S/C70H135NO5/c1-3-5-7-9-11-13-15-16-17-18-19-30-33-36-39-43-46-50-54-58-62-68(73)67(66-72)71-69(74)63-59-55-51-47-44-40-37-34-31-28-26-24-22-20-21-23-25-27-29-32-35-38-41-45-49-53-57-61-65-76-70(75)64-60-56-52-48-42-14-12-10-8-6-4-2/h10,12,20-21,67-68,72-73H,3-9,11,13-19,22-66H2,1-2H3,(H,71,74)/b12-10-,21-20-. The summed E-state index contributed by atoms with van der Waals surface area (Å²) in [5.74, 6) is -0.0256. The van der Waals surface area contributed by atoms with E-state index in [2.05, 4.69) is 43.5 Å². The second kappa shape index (κ2) is 65.9. The molecule has 1 amide bonds.